The van der Waals surface area contributed by atoms with Crippen LogP contribution in [-0.4, -0.2) is 99.5 Å². The molecule has 5 rings (SSSR count). The van der Waals surface area contributed by atoms with E-state index in [2.05, 4.69) is 44.0 Å². The summed E-state index contributed by atoms with van der Waals surface area (Å²) in [6, 6.07) is 10.6. The monoisotopic (exact) mass is 492 g/mol. The van der Waals surface area contributed by atoms with E-state index in [9.17, 15) is 14.7 Å². The largest absolute Gasteiger partial charge is 0.390 e. The highest BCUT2D eigenvalue weighted by Crippen LogP contribution is 2.26. The summed E-state index contributed by atoms with van der Waals surface area (Å²) in [5.41, 5.74) is 3.08. The van der Waals surface area contributed by atoms with Gasteiger partial charge in [0, 0.05) is 71.4 Å². The van der Waals surface area contributed by atoms with Crippen LogP contribution in [0.25, 0.3) is 0 Å². The number of piperidine rings is 2. The molecule has 1 N–H and O–H groups in total. The molecule has 0 spiro atoms. The van der Waals surface area contributed by atoms with Crippen LogP contribution in [0.4, 0.5) is 5.82 Å². The van der Waals surface area contributed by atoms with Gasteiger partial charge in [0.2, 0.25) is 5.91 Å². The van der Waals surface area contributed by atoms with Crippen LogP contribution in [0.15, 0.2) is 36.7 Å². The van der Waals surface area contributed by atoms with E-state index in [0.29, 0.717) is 24.6 Å². The molecule has 0 unspecified atom stereocenters. The van der Waals surface area contributed by atoms with Crippen LogP contribution < -0.4 is 4.90 Å². The first-order chi connectivity index (χ1) is 17.4. The van der Waals surface area contributed by atoms with Crippen molar-refractivity contribution >= 4 is 17.6 Å². The van der Waals surface area contributed by atoms with Crippen molar-refractivity contribution in [1.29, 1.82) is 0 Å². The molecular formula is C27H36N6O3. The average Bonchev–Trinajstić information content (AvgIpc) is 2.92. The molecule has 1 aromatic carbocycles. The summed E-state index contributed by atoms with van der Waals surface area (Å²) < 4.78 is 0. The van der Waals surface area contributed by atoms with E-state index < -0.39 is 6.10 Å². The number of fused-ring (bicyclic) bond motifs is 1. The normalized spacial score (nSPS) is 23.3. The minimum absolute atomic E-state index is 0.0513. The average molecular weight is 493 g/mol. The number of β-amino-alcohol motifs (C(OH)–C–C–N with tert-alkyl or cyclic N) is 1. The van der Waals surface area contributed by atoms with Gasteiger partial charge in [0.05, 0.1) is 6.10 Å². The first kappa shape index (κ1) is 24.6. The maximum atomic E-state index is 13.3. The minimum Gasteiger partial charge on any atom is -0.390 e. The number of aliphatic hydroxyl groups excluding tert-OH is 1. The highest BCUT2D eigenvalue weighted by atomic mass is 16.3. The molecule has 9 heteroatoms. The Balaban J connectivity index is 1.20. The predicted molar refractivity (Wildman–Crippen MR) is 137 cm³/mol. The van der Waals surface area contributed by atoms with Gasteiger partial charge in [-0.1, -0.05) is 24.3 Å². The van der Waals surface area contributed by atoms with Crippen molar-refractivity contribution in [2.45, 2.75) is 57.3 Å². The van der Waals surface area contributed by atoms with Gasteiger partial charge in [-0.2, -0.15) is 0 Å². The number of benzene rings is 1. The Labute approximate surface area is 212 Å². The molecule has 0 radical (unpaired) electrons. The van der Waals surface area contributed by atoms with Gasteiger partial charge in [-0.3, -0.25) is 14.5 Å². The Morgan fingerprint density at radius 3 is 2.44 bits per heavy atom. The molecule has 2 amide bonds. The number of anilines is 1. The van der Waals surface area contributed by atoms with Crippen molar-refractivity contribution < 1.29 is 14.7 Å². The zero-order valence-corrected chi connectivity index (χ0v) is 21.2. The molecule has 0 bridgehead atoms. The Hall–Kier alpha value is -3.04. The van der Waals surface area contributed by atoms with E-state index in [1.54, 1.807) is 17.9 Å². The van der Waals surface area contributed by atoms with Crippen LogP contribution in [0.2, 0.25) is 0 Å². The molecule has 4 heterocycles. The molecule has 2 aromatic rings. The van der Waals surface area contributed by atoms with Gasteiger partial charge >= 0.3 is 0 Å². The van der Waals surface area contributed by atoms with Crippen LogP contribution in [0.1, 0.15) is 47.8 Å². The minimum atomic E-state index is -0.594. The highest BCUT2D eigenvalue weighted by Gasteiger charge is 2.36. The smallest absolute Gasteiger partial charge is 0.272 e. The quantitative estimate of drug-likeness (QED) is 0.692. The van der Waals surface area contributed by atoms with Crippen molar-refractivity contribution in [3.05, 3.63) is 53.5 Å². The molecule has 2 atom stereocenters. The maximum absolute atomic E-state index is 13.3. The van der Waals surface area contributed by atoms with Crippen LogP contribution in [0.3, 0.4) is 0 Å². The van der Waals surface area contributed by atoms with E-state index in [1.165, 1.54) is 17.5 Å². The molecule has 3 aliphatic rings. The van der Waals surface area contributed by atoms with Gasteiger partial charge in [0.1, 0.15) is 17.8 Å². The van der Waals surface area contributed by atoms with Crippen molar-refractivity contribution in [1.82, 2.24) is 24.7 Å². The molecule has 3 aliphatic heterocycles. The highest BCUT2D eigenvalue weighted by molar-refractivity contribution is 5.93. The second-order valence-corrected chi connectivity index (χ2v) is 10.3. The zero-order valence-electron chi connectivity index (χ0n) is 21.2. The molecule has 9 nitrogen and oxygen atoms in total. The number of hydrogen-bond donors (Lipinski definition) is 1. The summed E-state index contributed by atoms with van der Waals surface area (Å²) in [7, 11) is 1.98. The van der Waals surface area contributed by atoms with Crippen molar-refractivity contribution in [3.63, 3.8) is 0 Å². The molecule has 192 valence electrons. The first-order valence-corrected chi connectivity index (χ1v) is 13.0. The van der Waals surface area contributed by atoms with Gasteiger partial charge in [0.25, 0.3) is 5.91 Å². The van der Waals surface area contributed by atoms with E-state index >= 15 is 0 Å². The van der Waals surface area contributed by atoms with Crippen molar-refractivity contribution in [2.24, 2.45) is 0 Å². The molecule has 2 fully saturated rings. The van der Waals surface area contributed by atoms with E-state index in [4.69, 9.17) is 0 Å². The zero-order chi connectivity index (χ0) is 25.2. The first-order valence-electron chi connectivity index (χ1n) is 13.0. The van der Waals surface area contributed by atoms with Crippen LogP contribution in [-0.2, 0) is 17.8 Å². The molecule has 2 saturated heterocycles. The summed E-state index contributed by atoms with van der Waals surface area (Å²) in [4.78, 5) is 41.7. The molecular weight excluding hydrogens is 456 g/mol. The van der Waals surface area contributed by atoms with Gasteiger partial charge in [0.15, 0.2) is 0 Å². The van der Waals surface area contributed by atoms with E-state index in [-0.39, 0.29) is 23.9 Å². The lowest BCUT2D eigenvalue weighted by Gasteiger charge is -2.43. The fourth-order valence-corrected chi connectivity index (χ4v) is 5.90. The molecule has 1 aromatic heterocycles. The van der Waals surface area contributed by atoms with Crippen LogP contribution in [0.5, 0.6) is 0 Å². The number of aliphatic hydroxyl groups is 1. The molecule has 0 aliphatic carbocycles. The predicted octanol–water partition coefficient (Wildman–Crippen LogP) is 1.56. The third-order valence-electron chi connectivity index (χ3n) is 8.15. The molecule has 36 heavy (non-hydrogen) atoms. The summed E-state index contributed by atoms with van der Waals surface area (Å²) in [5, 5.41) is 11.0. The Bertz CT molecular complexity index is 1100. The summed E-state index contributed by atoms with van der Waals surface area (Å²) in [6.45, 7) is 5.75. The standard InChI is InChI=1S/C27H36N6O3/c1-19(34)31-12-8-22(9-13-31)30(2)26-15-23(28-18-29-26)27(36)33-14-10-24(25(35)17-33)32-11-7-20-5-3-4-6-21(20)16-32/h3-6,15,18,22,24-25,35H,7-14,16-17H2,1-2H3/t24-,25-/m0/s1. The topological polar surface area (TPSA) is 93.1 Å². The van der Waals surface area contributed by atoms with Gasteiger partial charge in [-0.25, -0.2) is 9.97 Å². The number of aromatic nitrogens is 2. The van der Waals surface area contributed by atoms with Crippen molar-refractivity contribution in [2.75, 3.05) is 44.7 Å². The lowest BCUT2D eigenvalue weighted by atomic mass is 9.94. The summed E-state index contributed by atoms with van der Waals surface area (Å²) in [5.74, 6) is 0.652. The second kappa shape index (κ2) is 10.5. The van der Waals surface area contributed by atoms with Crippen LogP contribution in [0, 0.1) is 0 Å². The van der Waals surface area contributed by atoms with Gasteiger partial charge in [-0.15, -0.1) is 0 Å². The number of carbonyl (C=O) groups is 2. The number of rotatable bonds is 4. The lowest BCUT2D eigenvalue weighted by Crippen LogP contribution is -2.56. The van der Waals surface area contributed by atoms with Crippen molar-refractivity contribution in [3.8, 4) is 0 Å². The lowest BCUT2D eigenvalue weighted by molar-refractivity contribution is -0.129. The number of nitrogens with zero attached hydrogens (tertiary/aromatic N) is 6. The summed E-state index contributed by atoms with van der Waals surface area (Å²) in [6.07, 6.45) is 4.31. The SMILES string of the molecule is CC(=O)N1CCC(N(C)c2cc(C(=O)N3CC[C@H](N4CCc5ccccc5C4)[C@@H](O)C3)ncn2)CC1. The Kier molecular flexibility index (Phi) is 7.20. The Morgan fingerprint density at radius 1 is 1.00 bits per heavy atom. The number of amides is 2. The Morgan fingerprint density at radius 2 is 1.72 bits per heavy atom. The molecule has 0 saturated carbocycles. The van der Waals surface area contributed by atoms with E-state index in [1.807, 2.05) is 11.9 Å². The third kappa shape index (κ3) is 5.08. The van der Waals surface area contributed by atoms with E-state index in [0.717, 1.165) is 51.9 Å². The fourth-order valence-electron chi connectivity index (χ4n) is 5.90. The third-order valence-corrected chi connectivity index (χ3v) is 8.15. The second-order valence-electron chi connectivity index (χ2n) is 10.3. The summed E-state index contributed by atoms with van der Waals surface area (Å²) >= 11 is 0. The number of hydrogen-bond acceptors (Lipinski definition) is 7. The van der Waals surface area contributed by atoms with Gasteiger partial charge < -0.3 is 19.8 Å². The number of carbonyl (C=O) groups excluding carboxylic acids is 2. The van der Waals surface area contributed by atoms with Crippen LogP contribution >= 0.6 is 0 Å². The number of likely N-dealkylation sites (tertiary alicyclic amines) is 2. The maximum Gasteiger partial charge on any atom is 0.272 e. The van der Waals surface area contributed by atoms with Gasteiger partial charge in [-0.05, 0) is 36.8 Å². The fraction of sp³-hybridized carbons (Fsp3) is 0.556.